The number of hydrogen-bond donors (Lipinski definition) is 2. The van der Waals surface area contributed by atoms with Crippen molar-refractivity contribution in [2.24, 2.45) is 5.92 Å². The molecule has 1 aliphatic heterocycles. The quantitative estimate of drug-likeness (QED) is 0.799. The van der Waals surface area contributed by atoms with Crippen molar-refractivity contribution in [3.63, 3.8) is 0 Å². The Hall–Kier alpha value is -1.62. The van der Waals surface area contributed by atoms with E-state index in [-0.39, 0.29) is 12.5 Å². The molecule has 0 spiro atoms. The Balaban J connectivity index is 1.90. The van der Waals surface area contributed by atoms with Crippen molar-refractivity contribution in [3.05, 3.63) is 23.9 Å². The van der Waals surface area contributed by atoms with Gasteiger partial charge in [0.2, 0.25) is 0 Å². The van der Waals surface area contributed by atoms with Gasteiger partial charge in [0.25, 0.3) is 5.91 Å². The number of piperidine rings is 1. The van der Waals surface area contributed by atoms with E-state index in [4.69, 9.17) is 5.11 Å². The second kappa shape index (κ2) is 7.24. The third kappa shape index (κ3) is 3.93. The largest absolute Gasteiger partial charge is 0.396 e. The van der Waals surface area contributed by atoms with Gasteiger partial charge in [-0.2, -0.15) is 0 Å². The zero-order valence-electron chi connectivity index (χ0n) is 12.0. The topological polar surface area (TPSA) is 65.5 Å². The maximum Gasteiger partial charge on any atom is 0.252 e. The first-order chi connectivity index (χ1) is 9.70. The van der Waals surface area contributed by atoms with Crippen LogP contribution in [0.1, 0.15) is 36.5 Å². The first kappa shape index (κ1) is 14.8. The van der Waals surface area contributed by atoms with E-state index in [1.165, 1.54) is 12.8 Å². The molecule has 2 N–H and O–H groups in total. The Morgan fingerprint density at radius 3 is 2.80 bits per heavy atom. The standard InChI is InChI=1S/C15H23N3O2/c1-12-5-8-18(9-6-12)14-4-3-13(11-17-14)15(20)16-7-2-10-19/h3-4,11-12,19H,2,5-10H2,1H3,(H,16,20). The number of carbonyl (C=O) groups is 1. The molecule has 1 aromatic heterocycles. The minimum absolute atomic E-state index is 0.0881. The molecule has 20 heavy (non-hydrogen) atoms. The zero-order valence-corrected chi connectivity index (χ0v) is 12.0. The monoisotopic (exact) mass is 277 g/mol. The molecule has 110 valence electrons. The molecule has 2 heterocycles. The lowest BCUT2D eigenvalue weighted by molar-refractivity contribution is 0.0951. The van der Waals surface area contributed by atoms with Gasteiger partial charge in [-0.25, -0.2) is 4.98 Å². The number of amides is 1. The highest BCUT2D eigenvalue weighted by molar-refractivity contribution is 5.94. The Bertz CT molecular complexity index is 425. The predicted molar refractivity (Wildman–Crippen MR) is 78.9 cm³/mol. The minimum Gasteiger partial charge on any atom is -0.396 e. The van der Waals surface area contributed by atoms with E-state index >= 15 is 0 Å². The van der Waals surface area contributed by atoms with Crippen LogP contribution >= 0.6 is 0 Å². The molecule has 1 fully saturated rings. The normalized spacial score (nSPS) is 16.2. The minimum atomic E-state index is -0.134. The van der Waals surface area contributed by atoms with Gasteiger partial charge in [-0.05, 0) is 37.3 Å². The van der Waals surface area contributed by atoms with Gasteiger partial charge >= 0.3 is 0 Å². The third-order valence-corrected chi connectivity index (χ3v) is 3.74. The van der Waals surface area contributed by atoms with Crippen molar-refractivity contribution < 1.29 is 9.90 Å². The lowest BCUT2D eigenvalue weighted by Gasteiger charge is -2.31. The Labute approximate surface area is 120 Å². The van der Waals surface area contributed by atoms with Crippen LogP contribution in [0.5, 0.6) is 0 Å². The number of anilines is 1. The molecular formula is C15H23N3O2. The lowest BCUT2D eigenvalue weighted by Crippen LogP contribution is -2.33. The number of carbonyl (C=O) groups excluding carboxylic acids is 1. The number of aliphatic hydroxyl groups is 1. The number of nitrogens with zero attached hydrogens (tertiary/aromatic N) is 2. The van der Waals surface area contributed by atoms with E-state index in [1.54, 1.807) is 6.20 Å². The van der Waals surface area contributed by atoms with Crippen molar-refractivity contribution in [2.45, 2.75) is 26.2 Å². The van der Waals surface area contributed by atoms with Crippen LogP contribution in [-0.2, 0) is 0 Å². The molecule has 0 aromatic carbocycles. The number of rotatable bonds is 5. The smallest absolute Gasteiger partial charge is 0.252 e. The van der Waals surface area contributed by atoms with Crippen molar-refractivity contribution in [1.29, 1.82) is 0 Å². The molecule has 5 nitrogen and oxygen atoms in total. The second-order valence-electron chi connectivity index (χ2n) is 5.41. The number of hydrogen-bond acceptors (Lipinski definition) is 4. The number of aromatic nitrogens is 1. The number of nitrogens with one attached hydrogen (secondary N) is 1. The van der Waals surface area contributed by atoms with Gasteiger partial charge in [0.05, 0.1) is 5.56 Å². The van der Waals surface area contributed by atoms with Crippen LogP contribution in [-0.4, -0.2) is 42.2 Å². The van der Waals surface area contributed by atoms with Crippen LogP contribution in [0.3, 0.4) is 0 Å². The van der Waals surface area contributed by atoms with Crippen molar-refractivity contribution in [1.82, 2.24) is 10.3 Å². The van der Waals surface area contributed by atoms with Crippen LogP contribution in [0.4, 0.5) is 5.82 Å². The van der Waals surface area contributed by atoms with Gasteiger partial charge in [-0.1, -0.05) is 6.92 Å². The van der Waals surface area contributed by atoms with Crippen molar-refractivity contribution >= 4 is 11.7 Å². The molecule has 0 unspecified atom stereocenters. The average molecular weight is 277 g/mol. The third-order valence-electron chi connectivity index (χ3n) is 3.74. The second-order valence-corrected chi connectivity index (χ2v) is 5.41. The molecule has 0 radical (unpaired) electrons. The summed E-state index contributed by atoms with van der Waals surface area (Å²) >= 11 is 0. The number of pyridine rings is 1. The SMILES string of the molecule is CC1CCN(c2ccc(C(=O)NCCCO)cn2)CC1. The van der Waals surface area contributed by atoms with Crippen LogP contribution in [0.15, 0.2) is 18.3 Å². The highest BCUT2D eigenvalue weighted by Gasteiger charge is 2.17. The maximum absolute atomic E-state index is 11.8. The van der Waals surface area contributed by atoms with Gasteiger partial charge in [0.1, 0.15) is 5.82 Å². The summed E-state index contributed by atoms with van der Waals surface area (Å²) < 4.78 is 0. The molecule has 1 aromatic rings. The summed E-state index contributed by atoms with van der Waals surface area (Å²) in [6.45, 7) is 4.93. The highest BCUT2D eigenvalue weighted by atomic mass is 16.3. The molecule has 2 rings (SSSR count). The molecule has 0 saturated carbocycles. The Morgan fingerprint density at radius 2 is 2.20 bits per heavy atom. The summed E-state index contributed by atoms with van der Waals surface area (Å²) in [7, 11) is 0. The lowest BCUT2D eigenvalue weighted by atomic mass is 9.99. The first-order valence-corrected chi connectivity index (χ1v) is 7.30. The van der Waals surface area contributed by atoms with Crippen LogP contribution < -0.4 is 10.2 Å². The van der Waals surface area contributed by atoms with E-state index in [2.05, 4.69) is 22.1 Å². The summed E-state index contributed by atoms with van der Waals surface area (Å²) in [5.74, 6) is 1.61. The summed E-state index contributed by atoms with van der Waals surface area (Å²) in [4.78, 5) is 18.5. The molecule has 0 aliphatic carbocycles. The molecule has 5 heteroatoms. The Morgan fingerprint density at radius 1 is 1.45 bits per heavy atom. The van der Waals surface area contributed by atoms with E-state index in [9.17, 15) is 4.79 Å². The summed E-state index contributed by atoms with van der Waals surface area (Å²) in [6, 6.07) is 3.73. The zero-order chi connectivity index (χ0) is 14.4. The summed E-state index contributed by atoms with van der Waals surface area (Å²) in [6.07, 6.45) is 4.60. The fraction of sp³-hybridized carbons (Fsp3) is 0.600. The Kier molecular flexibility index (Phi) is 5.35. The fourth-order valence-electron chi connectivity index (χ4n) is 2.33. The van der Waals surface area contributed by atoms with Gasteiger partial charge < -0.3 is 15.3 Å². The van der Waals surface area contributed by atoms with Gasteiger partial charge in [0.15, 0.2) is 0 Å². The van der Waals surface area contributed by atoms with Crippen molar-refractivity contribution in [3.8, 4) is 0 Å². The average Bonchev–Trinajstić information content (AvgIpc) is 2.48. The summed E-state index contributed by atoms with van der Waals surface area (Å²) in [5, 5.41) is 11.4. The molecule has 1 saturated heterocycles. The highest BCUT2D eigenvalue weighted by Crippen LogP contribution is 2.21. The van der Waals surface area contributed by atoms with Gasteiger partial charge in [-0.3, -0.25) is 4.79 Å². The van der Waals surface area contributed by atoms with Crippen LogP contribution in [0.2, 0.25) is 0 Å². The van der Waals surface area contributed by atoms with Crippen LogP contribution in [0, 0.1) is 5.92 Å². The van der Waals surface area contributed by atoms with Gasteiger partial charge in [0, 0.05) is 32.4 Å². The van der Waals surface area contributed by atoms with E-state index in [0.717, 1.165) is 24.8 Å². The van der Waals surface area contributed by atoms with Crippen LogP contribution in [0.25, 0.3) is 0 Å². The van der Waals surface area contributed by atoms with E-state index in [1.807, 2.05) is 12.1 Å². The number of aliphatic hydroxyl groups excluding tert-OH is 1. The summed E-state index contributed by atoms with van der Waals surface area (Å²) in [5.41, 5.74) is 0.567. The fourth-order valence-corrected chi connectivity index (χ4v) is 2.33. The molecule has 0 atom stereocenters. The van der Waals surface area contributed by atoms with E-state index < -0.39 is 0 Å². The van der Waals surface area contributed by atoms with Crippen molar-refractivity contribution in [2.75, 3.05) is 31.1 Å². The first-order valence-electron chi connectivity index (χ1n) is 7.30. The molecule has 0 bridgehead atoms. The predicted octanol–water partition coefficient (Wildman–Crippen LogP) is 1.43. The molecular weight excluding hydrogens is 254 g/mol. The maximum atomic E-state index is 11.8. The van der Waals surface area contributed by atoms with Gasteiger partial charge in [-0.15, -0.1) is 0 Å². The molecule has 1 amide bonds. The molecule has 1 aliphatic rings. The van der Waals surface area contributed by atoms with E-state index in [0.29, 0.717) is 18.5 Å².